The van der Waals surface area contributed by atoms with Gasteiger partial charge in [-0.1, -0.05) is 41.9 Å². The molecule has 1 aliphatic rings. The summed E-state index contributed by atoms with van der Waals surface area (Å²) in [6.45, 7) is 1.96. The topological polar surface area (TPSA) is 136 Å². The number of anilines is 3. The maximum absolute atomic E-state index is 13.9. The molecule has 34 heavy (non-hydrogen) atoms. The zero-order valence-corrected chi connectivity index (χ0v) is 19.2. The van der Waals surface area contributed by atoms with Crippen LogP contribution in [0.1, 0.15) is 35.7 Å². The van der Waals surface area contributed by atoms with Crippen LogP contribution in [0.15, 0.2) is 53.3 Å². The van der Waals surface area contributed by atoms with E-state index in [1.807, 2.05) is 49.4 Å². The number of aryl methyl sites for hydroxylation is 1. The molecule has 0 bridgehead atoms. The van der Waals surface area contributed by atoms with E-state index in [4.69, 9.17) is 23.1 Å². The SMILES string of the molecule is Cc1ccccc1-n1c([C@@H](Nc2nc(N)nc(N)c2C#N)C2CC2)cc2cccc(Cl)c2c1=O. The van der Waals surface area contributed by atoms with Crippen molar-refractivity contribution in [3.63, 3.8) is 0 Å². The predicted molar refractivity (Wildman–Crippen MR) is 134 cm³/mol. The summed E-state index contributed by atoms with van der Waals surface area (Å²) in [5.74, 6) is 0.457. The number of nitrogens with one attached hydrogen (secondary N) is 1. The predicted octanol–water partition coefficient (Wildman–Crippen LogP) is 4.34. The van der Waals surface area contributed by atoms with Gasteiger partial charge in [-0.25, -0.2) is 0 Å². The van der Waals surface area contributed by atoms with Crippen molar-refractivity contribution < 1.29 is 0 Å². The maximum atomic E-state index is 13.9. The Hall–Kier alpha value is -4.09. The lowest BCUT2D eigenvalue weighted by Gasteiger charge is -2.25. The molecule has 0 spiro atoms. The molecule has 5 rings (SSSR count). The lowest BCUT2D eigenvalue weighted by atomic mass is 10.0. The average Bonchev–Trinajstić information content (AvgIpc) is 3.63. The molecule has 0 saturated heterocycles. The Morgan fingerprint density at radius 3 is 2.65 bits per heavy atom. The first kappa shape index (κ1) is 21.7. The molecule has 8 nitrogen and oxygen atoms in total. The molecule has 1 aliphatic carbocycles. The summed E-state index contributed by atoms with van der Waals surface area (Å²) >= 11 is 6.46. The van der Waals surface area contributed by atoms with Crippen LogP contribution in [0.3, 0.4) is 0 Å². The third kappa shape index (κ3) is 3.70. The molecular formula is C25H22ClN7O. The Kier molecular flexibility index (Phi) is 5.34. The second kappa shape index (κ2) is 8.36. The van der Waals surface area contributed by atoms with Gasteiger partial charge in [-0.2, -0.15) is 15.2 Å². The summed E-state index contributed by atoms with van der Waals surface area (Å²) in [6, 6.07) is 16.8. The first-order valence-corrected chi connectivity index (χ1v) is 11.3. The van der Waals surface area contributed by atoms with Gasteiger partial charge in [-0.05, 0) is 54.8 Å². The van der Waals surface area contributed by atoms with Crippen molar-refractivity contribution in [3.8, 4) is 11.8 Å². The van der Waals surface area contributed by atoms with E-state index in [1.165, 1.54) is 0 Å². The number of hydrogen-bond acceptors (Lipinski definition) is 7. The fraction of sp³-hybridized carbons (Fsp3) is 0.200. The van der Waals surface area contributed by atoms with Crippen LogP contribution >= 0.6 is 11.6 Å². The van der Waals surface area contributed by atoms with Gasteiger partial charge < -0.3 is 16.8 Å². The molecule has 4 aromatic rings. The number of rotatable bonds is 5. The first-order chi connectivity index (χ1) is 16.4. The largest absolute Gasteiger partial charge is 0.382 e. The molecule has 2 heterocycles. The molecule has 170 valence electrons. The average molecular weight is 472 g/mol. The van der Waals surface area contributed by atoms with Crippen molar-refractivity contribution in [2.24, 2.45) is 5.92 Å². The molecule has 1 atom stereocenters. The molecule has 1 fully saturated rings. The molecule has 0 aliphatic heterocycles. The summed E-state index contributed by atoms with van der Waals surface area (Å²) in [4.78, 5) is 22.0. The van der Waals surface area contributed by atoms with Crippen molar-refractivity contribution in [2.45, 2.75) is 25.8 Å². The summed E-state index contributed by atoms with van der Waals surface area (Å²) in [5, 5.41) is 14.6. The highest BCUT2D eigenvalue weighted by molar-refractivity contribution is 6.35. The van der Waals surface area contributed by atoms with Gasteiger partial charge >= 0.3 is 0 Å². The number of aromatic nitrogens is 3. The molecule has 0 unspecified atom stereocenters. The van der Waals surface area contributed by atoms with Gasteiger partial charge in [-0.15, -0.1) is 0 Å². The van der Waals surface area contributed by atoms with Crippen molar-refractivity contribution in [1.82, 2.24) is 14.5 Å². The summed E-state index contributed by atoms with van der Waals surface area (Å²) in [5.41, 5.74) is 14.1. The van der Waals surface area contributed by atoms with Crippen molar-refractivity contribution in [2.75, 3.05) is 16.8 Å². The Morgan fingerprint density at radius 1 is 1.18 bits per heavy atom. The fourth-order valence-electron chi connectivity index (χ4n) is 4.35. The molecule has 1 saturated carbocycles. The van der Waals surface area contributed by atoms with E-state index in [0.29, 0.717) is 10.4 Å². The smallest absolute Gasteiger partial charge is 0.264 e. The highest BCUT2D eigenvalue weighted by Gasteiger charge is 2.36. The number of nitrogens with zero attached hydrogens (tertiary/aromatic N) is 4. The van der Waals surface area contributed by atoms with Crippen LogP contribution in [0.25, 0.3) is 16.5 Å². The van der Waals surface area contributed by atoms with Gasteiger partial charge in [0, 0.05) is 5.69 Å². The van der Waals surface area contributed by atoms with E-state index in [9.17, 15) is 10.1 Å². The lowest BCUT2D eigenvalue weighted by Crippen LogP contribution is -2.28. The van der Waals surface area contributed by atoms with Gasteiger partial charge in [0.05, 0.1) is 22.1 Å². The lowest BCUT2D eigenvalue weighted by molar-refractivity contribution is 0.632. The van der Waals surface area contributed by atoms with Crippen molar-refractivity contribution >= 4 is 40.0 Å². The summed E-state index contributed by atoms with van der Waals surface area (Å²) in [7, 11) is 0. The quantitative estimate of drug-likeness (QED) is 0.393. The number of fused-ring (bicyclic) bond motifs is 1. The maximum Gasteiger partial charge on any atom is 0.264 e. The Bertz CT molecular complexity index is 1540. The minimum absolute atomic E-state index is 0.00799. The van der Waals surface area contributed by atoms with E-state index in [0.717, 1.165) is 35.2 Å². The second-order valence-corrected chi connectivity index (χ2v) is 8.87. The second-order valence-electron chi connectivity index (χ2n) is 8.46. The molecule has 5 N–H and O–H groups in total. The minimum Gasteiger partial charge on any atom is -0.382 e. The Labute approximate surface area is 200 Å². The summed E-state index contributed by atoms with van der Waals surface area (Å²) < 4.78 is 1.71. The molecule has 9 heteroatoms. The minimum atomic E-state index is -0.323. The van der Waals surface area contributed by atoms with Crippen LogP contribution in [-0.2, 0) is 0 Å². The zero-order valence-electron chi connectivity index (χ0n) is 18.4. The van der Waals surface area contributed by atoms with Gasteiger partial charge in [0.2, 0.25) is 5.95 Å². The Balaban J connectivity index is 1.79. The van der Waals surface area contributed by atoms with E-state index >= 15 is 0 Å². The number of nitrogen functional groups attached to an aromatic ring is 2. The molecule has 0 radical (unpaired) electrons. The van der Waals surface area contributed by atoms with Crippen LogP contribution in [0.4, 0.5) is 17.6 Å². The third-order valence-corrected chi connectivity index (χ3v) is 6.47. The van der Waals surface area contributed by atoms with Crippen LogP contribution in [0.2, 0.25) is 5.02 Å². The van der Waals surface area contributed by atoms with Crippen molar-refractivity contribution in [3.05, 3.63) is 80.7 Å². The molecule has 2 aromatic heterocycles. The van der Waals surface area contributed by atoms with Gasteiger partial charge in [0.25, 0.3) is 5.56 Å². The monoisotopic (exact) mass is 471 g/mol. The number of para-hydroxylation sites is 1. The highest BCUT2D eigenvalue weighted by Crippen LogP contribution is 2.44. The zero-order chi connectivity index (χ0) is 24.0. The normalized spacial score (nSPS) is 14.0. The van der Waals surface area contributed by atoms with E-state index < -0.39 is 0 Å². The molecule has 2 aromatic carbocycles. The third-order valence-electron chi connectivity index (χ3n) is 6.15. The number of nitriles is 1. The van der Waals surface area contributed by atoms with Crippen molar-refractivity contribution in [1.29, 1.82) is 5.26 Å². The molecule has 0 amide bonds. The number of nitrogens with two attached hydrogens (primary N) is 2. The van der Waals surface area contributed by atoms with E-state index in [-0.39, 0.29) is 40.7 Å². The first-order valence-electron chi connectivity index (χ1n) is 10.9. The molecular weight excluding hydrogens is 450 g/mol. The number of halogens is 1. The number of benzene rings is 2. The Morgan fingerprint density at radius 2 is 1.94 bits per heavy atom. The van der Waals surface area contributed by atoms with Crippen LogP contribution in [0.5, 0.6) is 0 Å². The van der Waals surface area contributed by atoms with Crippen LogP contribution in [0, 0.1) is 24.2 Å². The fourth-order valence-corrected chi connectivity index (χ4v) is 4.61. The number of hydrogen-bond donors (Lipinski definition) is 3. The standard InChI is InChI=1S/C25H22ClN7O/c1-13-5-2-3-8-18(13)33-19(11-15-6-4-7-17(26)20(15)24(33)34)21(14-9-10-14)30-23-16(12-27)22(28)31-25(29)32-23/h2-8,11,14,21H,9-10H2,1H3,(H5,28,29,30,31,32)/t21-/m0/s1. The van der Waals surface area contributed by atoms with Gasteiger partial charge in [0.1, 0.15) is 17.5 Å². The van der Waals surface area contributed by atoms with Crippen LogP contribution in [-0.4, -0.2) is 14.5 Å². The summed E-state index contributed by atoms with van der Waals surface area (Å²) in [6.07, 6.45) is 1.93. The van der Waals surface area contributed by atoms with Gasteiger partial charge in [-0.3, -0.25) is 9.36 Å². The van der Waals surface area contributed by atoms with E-state index in [1.54, 1.807) is 10.6 Å². The number of pyridine rings is 1. The van der Waals surface area contributed by atoms with E-state index in [2.05, 4.69) is 21.4 Å². The van der Waals surface area contributed by atoms with Gasteiger partial charge in [0.15, 0.2) is 5.82 Å². The highest BCUT2D eigenvalue weighted by atomic mass is 35.5. The van der Waals surface area contributed by atoms with Crippen LogP contribution < -0.4 is 22.3 Å².